The summed E-state index contributed by atoms with van der Waals surface area (Å²) in [4.78, 5) is 13.1. The van der Waals surface area contributed by atoms with Crippen LogP contribution in [0, 0.1) is 0 Å². The maximum Gasteiger partial charge on any atom is 0.319 e. The highest BCUT2D eigenvalue weighted by Gasteiger charge is 2.20. The zero-order valence-electron chi connectivity index (χ0n) is 11.9. The van der Waals surface area contributed by atoms with Gasteiger partial charge in [0, 0.05) is 4.90 Å². The Morgan fingerprint density at radius 3 is 2.53 bits per heavy atom. The molecule has 0 N–H and O–H groups in total. The number of esters is 1. The third-order valence-electron chi connectivity index (χ3n) is 2.89. The van der Waals surface area contributed by atoms with Gasteiger partial charge in [-0.1, -0.05) is 50.8 Å². The first-order chi connectivity index (χ1) is 9.27. The van der Waals surface area contributed by atoms with Crippen molar-refractivity contribution < 1.29 is 9.53 Å². The lowest BCUT2D eigenvalue weighted by atomic mass is 10.1. The summed E-state index contributed by atoms with van der Waals surface area (Å²) < 4.78 is 5.17. The van der Waals surface area contributed by atoms with Gasteiger partial charge in [0.05, 0.1) is 6.61 Å². The van der Waals surface area contributed by atoms with Gasteiger partial charge < -0.3 is 4.74 Å². The number of carbonyl (C=O) groups excluding carboxylic acids is 1. The van der Waals surface area contributed by atoms with Crippen LogP contribution in [0.4, 0.5) is 0 Å². The zero-order valence-corrected chi connectivity index (χ0v) is 12.7. The van der Waals surface area contributed by atoms with Gasteiger partial charge in [-0.3, -0.25) is 4.79 Å². The molecular formula is C16H24O2S. The van der Waals surface area contributed by atoms with Gasteiger partial charge in [-0.2, -0.15) is 0 Å². The Hall–Kier alpha value is -0.960. The molecule has 0 saturated carbocycles. The molecule has 0 saturated heterocycles. The number of hydrogen-bond acceptors (Lipinski definition) is 3. The molecule has 0 aliphatic carbocycles. The van der Waals surface area contributed by atoms with Gasteiger partial charge in [-0.25, -0.2) is 0 Å². The summed E-state index contributed by atoms with van der Waals surface area (Å²) in [6.07, 6.45) is 5.65. The fourth-order valence-electron chi connectivity index (χ4n) is 1.88. The monoisotopic (exact) mass is 280 g/mol. The van der Waals surface area contributed by atoms with Crippen molar-refractivity contribution in [3.05, 3.63) is 30.3 Å². The molecule has 0 aromatic heterocycles. The number of unbranched alkanes of at least 4 members (excludes halogenated alkanes) is 3. The lowest BCUT2D eigenvalue weighted by Gasteiger charge is -2.15. The topological polar surface area (TPSA) is 26.3 Å². The van der Waals surface area contributed by atoms with Crippen LogP contribution in [0.25, 0.3) is 0 Å². The van der Waals surface area contributed by atoms with Crippen molar-refractivity contribution in [3.63, 3.8) is 0 Å². The zero-order chi connectivity index (χ0) is 13.9. The molecule has 3 heteroatoms. The molecule has 0 amide bonds. The molecule has 1 aromatic rings. The molecule has 2 nitrogen and oxygen atoms in total. The average molecular weight is 280 g/mol. The van der Waals surface area contributed by atoms with Crippen molar-refractivity contribution in [1.82, 2.24) is 0 Å². The van der Waals surface area contributed by atoms with Crippen LogP contribution in [-0.2, 0) is 9.53 Å². The smallest absolute Gasteiger partial charge is 0.319 e. The molecule has 1 aromatic carbocycles. The number of hydrogen-bond donors (Lipinski definition) is 0. The Balaban J connectivity index is 2.51. The number of ether oxygens (including phenoxy) is 1. The molecule has 106 valence electrons. The summed E-state index contributed by atoms with van der Waals surface area (Å²) in [5.41, 5.74) is 0. The Morgan fingerprint density at radius 1 is 1.16 bits per heavy atom. The summed E-state index contributed by atoms with van der Waals surface area (Å²) in [6.45, 7) is 4.51. The fraction of sp³-hybridized carbons (Fsp3) is 0.562. The molecule has 0 spiro atoms. The quantitative estimate of drug-likeness (QED) is 0.373. The number of thioether (sulfide) groups is 1. The van der Waals surface area contributed by atoms with E-state index in [1.807, 2.05) is 37.3 Å². The molecule has 0 radical (unpaired) electrons. The Bertz CT molecular complexity index is 351. The predicted octanol–water partition coefficient (Wildman–Crippen LogP) is 4.68. The molecule has 0 aliphatic rings. The van der Waals surface area contributed by atoms with Crippen LogP contribution < -0.4 is 0 Å². The minimum absolute atomic E-state index is 0.0702. The third-order valence-corrected chi connectivity index (χ3v) is 4.15. The Labute approximate surface area is 120 Å². The summed E-state index contributed by atoms with van der Waals surface area (Å²) >= 11 is 1.62. The maximum absolute atomic E-state index is 12.0. The second-order valence-corrected chi connectivity index (χ2v) is 5.80. The Kier molecular flexibility index (Phi) is 8.39. The lowest BCUT2D eigenvalue weighted by molar-refractivity contribution is -0.142. The van der Waals surface area contributed by atoms with Gasteiger partial charge in [0.2, 0.25) is 0 Å². The van der Waals surface area contributed by atoms with E-state index in [0.717, 1.165) is 17.7 Å². The average Bonchev–Trinajstić information content (AvgIpc) is 2.43. The highest BCUT2D eigenvalue weighted by atomic mass is 32.2. The third kappa shape index (κ3) is 6.67. The first kappa shape index (κ1) is 16.1. The fourth-order valence-corrected chi connectivity index (χ4v) is 2.97. The van der Waals surface area contributed by atoms with Crippen LogP contribution in [0.3, 0.4) is 0 Å². The van der Waals surface area contributed by atoms with Crippen molar-refractivity contribution in [3.8, 4) is 0 Å². The van der Waals surface area contributed by atoms with Crippen molar-refractivity contribution >= 4 is 17.7 Å². The molecule has 0 bridgehead atoms. The molecule has 0 fully saturated rings. The standard InChI is InChI=1S/C16H24O2S/c1-3-5-6-10-13-15(16(17)18-4-2)19-14-11-8-7-9-12-14/h7-9,11-12,15H,3-6,10,13H2,1-2H3. The lowest BCUT2D eigenvalue weighted by Crippen LogP contribution is -2.20. The summed E-state index contributed by atoms with van der Waals surface area (Å²) in [7, 11) is 0. The van der Waals surface area contributed by atoms with E-state index in [2.05, 4.69) is 6.92 Å². The van der Waals surface area contributed by atoms with E-state index in [9.17, 15) is 4.79 Å². The summed E-state index contributed by atoms with van der Waals surface area (Å²) in [6, 6.07) is 10.1. The van der Waals surface area contributed by atoms with E-state index in [4.69, 9.17) is 4.74 Å². The van der Waals surface area contributed by atoms with Crippen molar-refractivity contribution in [2.75, 3.05) is 6.61 Å². The molecule has 19 heavy (non-hydrogen) atoms. The van der Waals surface area contributed by atoms with Crippen molar-refractivity contribution in [2.45, 2.75) is 56.1 Å². The van der Waals surface area contributed by atoms with Gasteiger partial charge in [-0.15, -0.1) is 11.8 Å². The minimum atomic E-state index is -0.0761. The normalized spacial score (nSPS) is 12.1. The second kappa shape index (κ2) is 9.90. The van der Waals surface area contributed by atoms with Gasteiger partial charge in [0.15, 0.2) is 0 Å². The van der Waals surface area contributed by atoms with Crippen molar-refractivity contribution in [1.29, 1.82) is 0 Å². The highest BCUT2D eigenvalue weighted by Crippen LogP contribution is 2.27. The Morgan fingerprint density at radius 2 is 1.89 bits per heavy atom. The van der Waals surface area contributed by atoms with Crippen LogP contribution in [0.1, 0.15) is 46.0 Å². The van der Waals surface area contributed by atoms with Crippen LogP contribution in [0.15, 0.2) is 35.2 Å². The SMILES string of the molecule is CCCCCCC(Sc1ccccc1)C(=O)OCC. The summed E-state index contributed by atoms with van der Waals surface area (Å²) in [5.74, 6) is -0.0761. The predicted molar refractivity (Wildman–Crippen MR) is 81.5 cm³/mol. The minimum Gasteiger partial charge on any atom is -0.465 e. The van der Waals surface area contributed by atoms with Crippen LogP contribution >= 0.6 is 11.8 Å². The number of carbonyl (C=O) groups is 1. The van der Waals surface area contributed by atoms with Crippen molar-refractivity contribution in [2.24, 2.45) is 0 Å². The first-order valence-corrected chi connectivity index (χ1v) is 8.04. The highest BCUT2D eigenvalue weighted by molar-refractivity contribution is 8.00. The number of rotatable bonds is 9. The maximum atomic E-state index is 12.0. The molecular weight excluding hydrogens is 256 g/mol. The molecule has 0 heterocycles. The molecule has 0 aliphatic heterocycles. The number of benzene rings is 1. The van der Waals surface area contributed by atoms with Crippen LogP contribution in [0.5, 0.6) is 0 Å². The molecule has 1 atom stereocenters. The molecule has 1 rings (SSSR count). The van der Waals surface area contributed by atoms with E-state index in [1.54, 1.807) is 11.8 Å². The van der Waals surface area contributed by atoms with Crippen LogP contribution in [0.2, 0.25) is 0 Å². The van der Waals surface area contributed by atoms with E-state index < -0.39 is 0 Å². The van der Waals surface area contributed by atoms with Crippen LogP contribution in [-0.4, -0.2) is 17.8 Å². The van der Waals surface area contributed by atoms with E-state index in [0.29, 0.717) is 6.61 Å². The van der Waals surface area contributed by atoms with E-state index >= 15 is 0 Å². The van der Waals surface area contributed by atoms with E-state index in [1.165, 1.54) is 19.3 Å². The van der Waals surface area contributed by atoms with E-state index in [-0.39, 0.29) is 11.2 Å². The van der Waals surface area contributed by atoms with Gasteiger partial charge in [0.1, 0.15) is 5.25 Å². The molecule has 1 unspecified atom stereocenters. The second-order valence-electron chi connectivity index (χ2n) is 4.52. The van der Waals surface area contributed by atoms with Gasteiger partial charge in [0.25, 0.3) is 0 Å². The largest absolute Gasteiger partial charge is 0.465 e. The van der Waals surface area contributed by atoms with Gasteiger partial charge >= 0.3 is 5.97 Å². The summed E-state index contributed by atoms with van der Waals surface area (Å²) in [5, 5.41) is -0.0702. The van der Waals surface area contributed by atoms with Gasteiger partial charge in [-0.05, 0) is 25.5 Å². The first-order valence-electron chi connectivity index (χ1n) is 7.16.